The van der Waals surface area contributed by atoms with Crippen molar-refractivity contribution >= 4 is 0 Å². The summed E-state index contributed by atoms with van der Waals surface area (Å²) in [5, 5.41) is 0. The molecule has 1 aromatic rings. The van der Waals surface area contributed by atoms with Crippen LogP contribution in [-0.4, -0.2) is 12.7 Å². The lowest BCUT2D eigenvalue weighted by atomic mass is 10.0. The SMILES string of the molecule is CCC1COC(c2ccccc2)OC1C. The van der Waals surface area contributed by atoms with E-state index in [9.17, 15) is 0 Å². The second-order valence-corrected chi connectivity index (χ2v) is 4.09. The maximum absolute atomic E-state index is 5.85. The average molecular weight is 206 g/mol. The van der Waals surface area contributed by atoms with E-state index in [-0.39, 0.29) is 12.4 Å². The number of hydrogen-bond acceptors (Lipinski definition) is 2. The Morgan fingerprint density at radius 3 is 2.60 bits per heavy atom. The molecule has 2 rings (SSSR count). The Bertz CT molecular complexity index is 297. The summed E-state index contributed by atoms with van der Waals surface area (Å²) < 4.78 is 11.6. The molecule has 0 aromatic heterocycles. The van der Waals surface area contributed by atoms with Gasteiger partial charge in [-0.3, -0.25) is 0 Å². The van der Waals surface area contributed by atoms with Crippen LogP contribution in [0, 0.1) is 5.92 Å². The smallest absolute Gasteiger partial charge is 0.184 e. The van der Waals surface area contributed by atoms with Gasteiger partial charge in [0.2, 0.25) is 0 Å². The first-order valence-corrected chi connectivity index (χ1v) is 5.63. The Morgan fingerprint density at radius 2 is 2.00 bits per heavy atom. The molecule has 3 atom stereocenters. The minimum absolute atomic E-state index is 0.177. The zero-order valence-electron chi connectivity index (χ0n) is 9.35. The summed E-state index contributed by atoms with van der Waals surface area (Å²) in [6.07, 6.45) is 1.22. The van der Waals surface area contributed by atoms with Gasteiger partial charge in [0.1, 0.15) is 0 Å². The second kappa shape index (κ2) is 4.77. The van der Waals surface area contributed by atoms with Crippen molar-refractivity contribution in [3.8, 4) is 0 Å². The first-order chi connectivity index (χ1) is 7.31. The fourth-order valence-electron chi connectivity index (χ4n) is 1.93. The van der Waals surface area contributed by atoms with Crippen LogP contribution in [-0.2, 0) is 9.47 Å². The molecule has 1 fully saturated rings. The van der Waals surface area contributed by atoms with Gasteiger partial charge >= 0.3 is 0 Å². The molecule has 15 heavy (non-hydrogen) atoms. The molecule has 1 aliphatic rings. The summed E-state index contributed by atoms with van der Waals surface area (Å²) in [5.74, 6) is 0.532. The predicted molar refractivity (Wildman–Crippen MR) is 59.5 cm³/mol. The van der Waals surface area contributed by atoms with E-state index in [1.165, 1.54) is 0 Å². The maximum atomic E-state index is 5.85. The predicted octanol–water partition coefficient (Wildman–Crippen LogP) is 3.15. The van der Waals surface area contributed by atoms with Crippen molar-refractivity contribution in [2.45, 2.75) is 32.7 Å². The normalized spacial score (nSPS) is 31.5. The minimum Gasteiger partial charge on any atom is -0.348 e. The van der Waals surface area contributed by atoms with Crippen LogP contribution in [0.5, 0.6) is 0 Å². The largest absolute Gasteiger partial charge is 0.348 e. The first kappa shape index (κ1) is 10.7. The van der Waals surface area contributed by atoms with Crippen LogP contribution in [0.1, 0.15) is 32.1 Å². The number of hydrogen-bond donors (Lipinski definition) is 0. The maximum Gasteiger partial charge on any atom is 0.184 e. The van der Waals surface area contributed by atoms with Gasteiger partial charge in [-0.15, -0.1) is 0 Å². The minimum atomic E-state index is -0.177. The van der Waals surface area contributed by atoms with Gasteiger partial charge in [0, 0.05) is 11.5 Å². The summed E-state index contributed by atoms with van der Waals surface area (Å²) in [7, 11) is 0. The van der Waals surface area contributed by atoms with Crippen molar-refractivity contribution in [2.75, 3.05) is 6.61 Å². The molecule has 3 unspecified atom stereocenters. The molecule has 0 N–H and O–H groups in total. The van der Waals surface area contributed by atoms with Crippen molar-refractivity contribution in [3.63, 3.8) is 0 Å². The van der Waals surface area contributed by atoms with Gasteiger partial charge in [-0.25, -0.2) is 0 Å². The van der Waals surface area contributed by atoms with Crippen LogP contribution in [0.2, 0.25) is 0 Å². The van der Waals surface area contributed by atoms with Crippen molar-refractivity contribution in [1.29, 1.82) is 0 Å². The third kappa shape index (κ3) is 2.39. The third-order valence-electron chi connectivity index (χ3n) is 3.06. The lowest BCUT2D eigenvalue weighted by Crippen LogP contribution is -2.33. The van der Waals surface area contributed by atoms with E-state index in [1.807, 2.05) is 30.3 Å². The fraction of sp³-hybridized carbons (Fsp3) is 0.538. The van der Waals surface area contributed by atoms with Gasteiger partial charge in [-0.1, -0.05) is 37.3 Å². The molecule has 0 saturated carbocycles. The van der Waals surface area contributed by atoms with Gasteiger partial charge in [-0.2, -0.15) is 0 Å². The van der Waals surface area contributed by atoms with Crippen LogP contribution in [0.4, 0.5) is 0 Å². The first-order valence-electron chi connectivity index (χ1n) is 5.63. The van der Waals surface area contributed by atoms with Crippen molar-refractivity contribution < 1.29 is 9.47 Å². The van der Waals surface area contributed by atoms with Gasteiger partial charge in [-0.05, 0) is 13.3 Å². The summed E-state index contributed by atoms with van der Waals surface area (Å²) in [4.78, 5) is 0. The van der Waals surface area contributed by atoms with E-state index in [0.717, 1.165) is 18.6 Å². The van der Waals surface area contributed by atoms with E-state index in [2.05, 4.69) is 13.8 Å². The molecular weight excluding hydrogens is 188 g/mol. The summed E-state index contributed by atoms with van der Waals surface area (Å²) >= 11 is 0. The van der Waals surface area contributed by atoms with E-state index in [1.54, 1.807) is 0 Å². The van der Waals surface area contributed by atoms with Crippen molar-refractivity contribution in [1.82, 2.24) is 0 Å². The van der Waals surface area contributed by atoms with Gasteiger partial charge in [0.15, 0.2) is 6.29 Å². The Kier molecular flexibility index (Phi) is 3.39. The van der Waals surface area contributed by atoms with Crippen LogP contribution >= 0.6 is 0 Å². The Morgan fingerprint density at radius 1 is 1.27 bits per heavy atom. The fourth-order valence-corrected chi connectivity index (χ4v) is 1.93. The summed E-state index contributed by atoms with van der Waals surface area (Å²) in [6, 6.07) is 10.1. The van der Waals surface area contributed by atoms with Gasteiger partial charge in [0.05, 0.1) is 12.7 Å². The number of benzene rings is 1. The third-order valence-corrected chi connectivity index (χ3v) is 3.06. The molecule has 0 amide bonds. The summed E-state index contributed by atoms with van der Waals surface area (Å²) in [6.45, 7) is 5.11. The number of rotatable bonds is 2. The quantitative estimate of drug-likeness (QED) is 0.740. The van der Waals surface area contributed by atoms with Crippen LogP contribution in [0.25, 0.3) is 0 Å². The lowest BCUT2D eigenvalue weighted by molar-refractivity contribution is -0.236. The molecule has 82 valence electrons. The van der Waals surface area contributed by atoms with E-state index >= 15 is 0 Å². The number of ether oxygens (including phenoxy) is 2. The van der Waals surface area contributed by atoms with Gasteiger partial charge < -0.3 is 9.47 Å². The zero-order valence-corrected chi connectivity index (χ0v) is 9.35. The van der Waals surface area contributed by atoms with Crippen molar-refractivity contribution in [2.24, 2.45) is 5.92 Å². The highest BCUT2D eigenvalue weighted by atomic mass is 16.7. The monoisotopic (exact) mass is 206 g/mol. The highest BCUT2D eigenvalue weighted by molar-refractivity contribution is 5.16. The molecule has 1 heterocycles. The molecule has 0 aliphatic carbocycles. The Balaban J connectivity index is 2.03. The Labute approximate surface area is 91.2 Å². The molecule has 1 aliphatic heterocycles. The molecule has 0 spiro atoms. The standard InChI is InChI=1S/C13H18O2/c1-3-11-9-14-13(15-10(11)2)12-7-5-4-6-8-12/h4-8,10-11,13H,3,9H2,1-2H3. The highest BCUT2D eigenvalue weighted by Gasteiger charge is 2.28. The topological polar surface area (TPSA) is 18.5 Å². The highest BCUT2D eigenvalue weighted by Crippen LogP contribution is 2.30. The molecule has 2 nitrogen and oxygen atoms in total. The van der Waals surface area contributed by atoms with Gasteiger partial charge in [0.25, 0.3) is 0 Å². The molecular formula is C13H18O2. The van der Waals surface area contributed by atoms with E-state index < -0.39 is 0 Å². The van der Waals surface area contributed by atoms with Crippen molar-refractivity contribution in [3.05, 3.63) is 35.9 Å². The van der Waals surface area contributed by atoms with E-state index in [0.29, 0.717) is 5.92 Å². The molecule has 1 saturated heterocycles. The Hall–Kier alpha value is -0.860. The average Bonchev–Trinajstić information content (AvgIpc) is 2.30. The molecule has 0 bridgehead atoms. The van der Waals surface area contributed by atoms with Crippen LogP contribution in [0.3, 0.4) is 0 Å². The summed E-state index contributed by atoms with van der Waals surface area (Å²) in [5.41, 5.74) is 1.11. The van der Waals surface area contributed by atoms with Crippen LogP contribution in [0.15, 0.2) is 30.3 Å². The lowest BCUT2D eigenvalue weighted by Gasteiger charge is -2.34. The molecule has 0 radical (unpaired) electrons. The molecule has 1 aromatic carbocycles. The van der Waals surface area contributed by atoms with E-state index in [4.69, 9.17) is 9.47 Å². The van der Waals surface area contributed by atoms with Crippen LogP contribution < -0.4 is 0 Å². The zero-order chi connectivity index (χ0) is 10.7. The second-order valence-electron chi connectivity index (χ2n) is 4.09. The molecule has 2 heteroatoms.